The van der Waals surface area contributed by atoms with Crippen LogP contribution in [0, 0.1) is 11.7 Å². The second kappa shape index (κ2) is 11.5. The summed E-state index contributed by atoms with van der Waals surface area (Å²) in [7, 11) is 0. The first-order valence-electron chi connectivity index (χ1n) is 10.3. The van der Waals surface area contributed by atoms with Gasteiger partial charge in [-0.3, -0.25) is 9.69 Å². The Kier molecular flexibility index (Phi) is 9.63. The summed E-state index contributed by atoms with van der Waals surface area (Å²) < 4.78 is 20.0. The van der Waals surface area contributed by atoms with Gasteiger partial charge in [-0.05, 0) is 44.2 Å². The molecule has 1 saturated carbocycles. The number of carbonyl (C=O) groups is 1. The fraction of sp³-hybridized carbons (Fsp3) is 0.667. The minimum atomic E-state index is -0.550. The second-order valence-electron chi connectivity index (χ2n) is 8.02. The number of hydrogen-bond acceptors (Lipinski definition) is 4. The number of ether oxygens (including phenoxy) is 1. The number of nitrogens with zero attached hydrogens (tertiary/aromatic N) is 2. The molecule has 3 fully saturated rings. The average molecular weight is 448 g/mol. The number of morpholine rings is 1. The Balaban J connectivity index is 0.00000150. The Bertz CT molecular complexity index is 649. The third kappa shape index (κ3) is 6.28. The molecule has 1 unspecified atom stereocenters. The van der Waals surface area contributed by atoms with E-state index in [2.05, 4.69) is 10.2 Å². The van der Waals surface area contributed by atoms with Crippen LogP contribution in [0.15, 0.2) is 24.3 Å². The van der Waals surface area contributed by atoms with Crippen LogP contribution in [0.2, 0.25) is 0 Å². The van der Waals surface area contributed by atoms with Gasteiger partial charge in [0.05, 0.1) is 13.2 Å². The topological polar surface area (TPSA) is 44.8 Å². The predicted molar refractivity (Wildman–Crippen MR) is 116 cm³/mol. The zero-order valence-electron chi connectivity index (χ0n) is 16.7. The van der Waals surface area contributed by atoms with Crippen LogP contribution in [0.3, 0.4) is 0 Å². The van der Waals surface area contributed by atoms with E-state index in [9.17, 15) is 9.18 Å². The largest absolute Gasteiger partial charge is 0.379 e. The number of carbonyl (C=O) groups excluding carboxylic acids is 1. The van der Waals surface area contributed by atoms with E-state index in [0.717, 1.165) is 38.4 Å². The number of benzene rings is 1. The first kappa shape index (κ1) is 24.4. The molecule has 8 heteroatoms. The highest BCUT2D eigenvalue weighted by atomic mass is 35.5. The third-order valence-electron chi connectivity index (χ3n) is 6.04. The minimum absolute atomic E-state index is 0. The van der Waals surface area contributed by atoms with E-state index in [1.54, 1.807) is 12.1 Å². The molecule has 1 N–H and O–H groups in total. The summed E-state index contributed by atoms with van der Waals surface area (Å²) in [6.45, 7) is 5.10. The van der Waals surface area contributed by atoms with Crippen LogP contribution in [-0.4, -0.2) is 67.7 Å². The van der Waals surface area contributed by atoms with E-state index >= 15 is 0 Å². The zero-order chi connectivity index (χ0) is 18.6. The number of halogens is 3. The van der Waals surface area contributed by atoms with Crippen LogP contribution >= 0.6 is 24.8 Å². The average Bonchev–Trinajstić information content (AvgIpc) is 3.54. The predicted octanol–water partition coefficient (Wildman–Crippen LogP) is 3.03. The van der Waals surface area contributed by atoms with Gasteiger partial charge in [0.1, 0.15) is 11.9 Å². The Morgan fingerprint density at radius 2 is 1.72 bits per heavy atom. The van der Waals surface area contributed by atoms with Crippen molar-refractivity contribution in [2.24, 2.45) is 5.92 Å². The van der Waals surface area contributed by atoms with Gasteiger partial charge >= 0.3 is 0 Å². The molecule has 29 heavy (non-hydrogen) atoms. The van der Waals surface area contributed by atoms with Crippen molar-refractivity contribution in [1.29, 1.82) is 0 Å². The molecule has 0 aromatic heterocycles. The van der Waals surface area contributed by atoms with Gasteiger partial charge in [0, 0.05) is 37.8 Å². The molecule has 0 bridgehead atoms. The maximum atomic E-state index is 14.5. The molecule has 3 aliphatic rings. The molecule has 1 aliphatic carbocycles. The summed E-state index contributed by atoms with van der Waals surface area (Å²) in [5.74, 6) is 0.599. The number of rotatable bonds is 6. The van der Waals surface area contributed by atoms with Crippen molar-refractivity contribution in [3.63, 3.8) is 0 Å². The summed E-state index contributed by atoms with van der Waals surface area (Å²) in [6.07, 6.45) is 4.67. The second-order valence-corrected chi connectivity index (χ2v) is 8.02. The molecule has 5 nitrogen and oxygen atoms in total. The van der Waals surface area contributed by atoms with E-state index in [4.69, 9.17) is 4.74 Å². The van der Waals surface area contributed by atoms with E-state index < -0.39 is 6.04 Å². The molecule has 4 rings (SSSR count). The molecular weight excluding hydrogens is 416 g/mol. The Labute approximate surface area is 185 Å². The van der Waals surface area contributed by atoms with Gasteiger partial charge < -0.3 is 15.0 Å². The molecule has 164 valence electrons. The van der Waals surface area contributed by atoms with Crippen LogP contribution in [0.4, 0.5) is 4.39 Å². The Morgan fingerprint density at radius 1 is 1.07 bits per heavy atom. The molecule has 2 heterocycles. The van der Waals surface area contributed by atoms with Crippen molar-refractivity contribution >= 4 is 30.7 Å². The highest BCUT2D eigenvalue weighted by molar-refractivity contribution is 5.85. The lowest BCUT2D eigenvalue weighted by Crippen LogP contribution is -2.51. The first-order valence-corrected chi connectivity index (χ1v) is 10.3. The Hall–Kier alpha value is -0.920. The molecular formula is C21H32Cl2FN3O2. The van der Waals surface area contributed by atoms with Gasteiger partial charge in [0.25, 0.3) is 0 Å². The smallest absolute Gasteiger partial charge is 0.244 e. The zero-order valence-corrected chi connectivity index (χ0v) is 18.4. The highest BCUT2D eigenvalue weighted by Crippen LogP contribution is 2.29. The monoisotopic (exact) mass is 447 g/mol. The van der Waals surface area contributed by atoms with Gasteiger partial charge in [-0.2, -0.15) is 0 Å². The standard InChI is InChI=1S/C21H30FN3O2.2ClH/c22-19-4-2-1-3-18(19)20(24-11-13-27-14-12-24)21(26)25-9-7-17(8-10-25)23-15-16-5-6-16;;/h1-4,16-17,20,23H,5-15H2;2*1H. The van der Waals surface area contributed by atoms with Crippen molar-refractivity contribution < 1.29 is 13.9 Å². The summed E-state index contributed by atoms with van der Waals surface area (Å²) in [6, 6.07) is 6.64. The number of nitrogens with one attached hydrogen (secondary N) is 1. The van der Waals surface area contributed by atoms with Gasteiger partial charge in [-0.15, -0.1) is 24.8 Å². The summed E-state index contributed by atoms with van der Waals surface area (Å²) in [4.78, 5) is 17.4. The van der Waals surface area contributed by atoms with Crippen molar-refractivity contribution in [3.8, 4) is 0 Å². The molecule has 0 spiro atoms. The minimum Gasteiger partial charge on any atom is -0.379 e. The lowest BCUT2D eigenvalue weighted by atomic mass is 9.99. The van der Waals surface area contributed by atoms with Crippen LogP contribution in [0.5, 0.6) is 0 Å². The van der Waals surface area contributed by atoms with Gasteiger partial charge in [0.2, 0.25) is 5.91 Å². The third-order valence-corrected chi connectivity index (χ3v) is 6.04. The van der Waals surface area contributed by atoms with Gasteiger partial charge in [-0.25, -0.2) is 4.39 Å². The molecule has 2 saturated heterocycles. The van der Waals surface area contributed by atoms with Crippen LogP contribution in [0.25, 0.3) is 0 Å². The van der Waals surface area contributed by atoms with E-state index in [1.165, 1.54) is 18.9 Å². The van der Waals surface area contributed by atoms with E-state index in [0.29, 0.717) is 37.9 Å². The molecule has 1 atom stereocenters. The molecule has 2 aliphatic heterocycles. The first-order chi connectivity index (χ1) is 13.2. The summed E-state index contributed by atoms with van der Waals surface area (Å²) in [5.41, 5.74) is 0.485. The molecule has 0 radical (unpaired) electrons. The van der Waals surface area contributed by atoms with Crippen LogP contribution < -0.4 is 5.32 Å². The molecule has 1 amide bonds. The number of piperidine rings is 1. The lowest BCUT2D eigenvalue weighted by Gasteiger charge is -2.39. The maximum absolute atomic E-state index is 14.5. The fourth-order valence-corrected chi connectivity index (χ4v) is 4.15. The van der Waals surface area contributed by atoms with Gasteiger partial charge in [0.15, 0.2) is 0 Å². The SMILES string of the molecule is Cl.Cl.O=C(C(c1ccccc1F)N1CCOCC1)N1CCC(NCC2CC2)CC1. The van der Waals surface area contributed by atoms with Crippen molar-refractivity contribution in [2.45, 2.75) is 37.8 Å². The number of amides is 1. The maximum Gasteiger partial charge on any atom is 0.244 e. The van der Waals surface area contributed by atoms with Crippen molar-refractivity contribution in [1.82, 2.24) is 15.1 Å². The van der Waals surface area contributed by atoms with E-state index in [-0.39, 0.29) is 36.5 Å². The van der Waals surface area contributed by atoms with Crippen LogP contribution in [0.1, 0.15) is 37.3 Å². The quantitative estimate of drug-likeness (QED) is 0.727. The lowest BCUT2D eigenvalue weighted by molar-refractivity contribution is -0.140. The summed E-state index contributed by atoms with van der Waals surface area (Å²) in [5, 5.41) is 3.65. The van der Waals surface area contributed by atoms with Crippen molar-refractivity contribution in [3.05, 3.63) is 35.6 Å². The van der Waals surface area contributed by atoms with Crippen molar-refractivity contribution in [2.75, 3.05) is 45.9 Å². The highest BCUT2D eigenvalue weighted by Gasteiger charge is 2.35. The Morgan fingerprint density at radius 3 is 2.34 bits per heavy atom. The van der Waals surface area contributed by atoms with E-state index in [1.807, 2.05) is 11.0 Å². The summed E-state index contributed by atoms with van der Waals surface area (Å²) >= 11 is 0. The van der Waals surface area contributed by atoms with Gasteiger partial charge in [-0.1, -0.05) is 18.2 Å². The molecule has 1 aromatic carbocycles. The normalized spacial score (nSPS) is 21.8. The van der Waals surface area contributed by atoms with Crippen LogP contribution in [-0.2, 0) is 9.53 Å². The number of likely N-dealkylation sites (tertiary alicyclic amines) is 1. The fourth-order valence-electron chi connectivity index (χ4n) is 4.15. The molecule has 1 aromatic rings. The number of hydrogen-bond donors (Lipinski definition) is 1.